The molecule has 0 amide bonds. The Labute approximate surface area is 124 Å². The van der Waals surface area contributed by atoms with Crippen molar-refractivity contribution in [2.75, 3.05) is 51.9 Å². The summed E-state index contributed by atoms with van der Waals surface area (Å²) in [6, 6.07) is 3.86. The molecule has 1 aromatic rings. The number of rotatable bonds is 2. The summed E-state index contributed by atoms with van der Waals surface area (Å²) < 4.78 is 10.6. The minimum Gasteiger partial charge on any atom is -0.465 e. The zero-order valence-corrected chi connectivity index (χ0v) is 12.5. The number of esters is 1. The number of pyridine rings is 1. The molecule has 2 fully saturated rings. The van der Waals surface area contributed by atoms with Crippen LogP contribution in [0, 0.1) is 5.92 Å². The maximum Gasteiger partial charge on any atom is 0.341 e. The quantitative estimate of drug-likeness (QED) is 0.745. The predicted octanol–water partition coefficient (Wildman–Crippen LogP) is 0.635. The molecule has 0 N–H and O–H groups in total. The Balaban J connectivity index is 1.92. The van der Waals surface area contributed by atoms with Gasteiger partial charge in [0.2, 0.25) is 0 Å². The topological polar surface area (TPSA) is 54.9 Å². The normalized spacial score (nSPS) is 26.3. The number of hydrogen-bond acceptors (Lipinski definition) is 6. The summed E-state index contributed by atoms with van der Waals surface area (Å²) in [5, 5.41) is 0. The Morgan fingerprint density at radius 1 is 1.38 bits per heavy atom. The number of carbonyl (C=O) groups is 1. The lowest BCUT2D eigenvalue weighted by molar-refractivity contribution is 0.0600. The van der Waals surface area contributed by atoms with Crippen molar-refractivity contribution in [1.82, 2.24) is 9.88 Å². The lowest BCUT2D eigenvalue weighted by Crippen LogP contribution is -2.43. The van der Waals surface area contributed by atoms with E-state index in [1.165, 1.54) is 7.11 Å². The van der Waals surface area contributed by atoms with Gasteiger partial charge in [0.1, 0.15) is 11.4 Å². The number of anilines is 1. The zero-order valence-electron chi connectivity index (χ0n) is 12.5. The highest BCUT2D eigenvalue weighted by Gasteiger charge is 2.33. The molecule has 0 spiro atoms. The molecule has 0 saturated carbocycles. The van der Waals surface area contributed by atoms with E-state index >= 15 is 0 Å². The molecule has 0 aliphatic carbocycles. The lowest BCUT2D eigenvalue weighted by atomic mass is 10.1. The van der Waals surface area contributed by atoms with Gasteiger partial charge in [-0.15, -0.1) is 0 Å². The van der Waals surface area contributed by atoms with Gasteiger partial charge in [-0.05, 0) is 19.2 Å². The molecule has 2 aliphatic rings. The first-order chi connectivity index (χ1) is 10.2. The summed E-state index contributed by atoms with van der Waals surface area (Å²) in [5.74, 6) is 0.809. The number of aromatic nitrogens is 1. The third kappa shape index (κ3) is 2.87. The van der Waals surface area contributed by atoms with E-state index in [4.69, 9.17) is 9.47 Å². The van der Waals surface area contributed by atoms with Crippen molar-refractivity contribution < 1.29 is 14.3 Å². The van der Waals surface area contributed by atoms with E-state index in [1.54, 1.807) is 18.3 Å². The van der Waals surface area contributed by atoms with Gasteiger partial charge in [0.25, 0.3) is 0 Å². The molecule has 2 bridgehead atoms. The number of fused-ring (bicyclic) bond motifs is 3. The van der Waals surface area contributed by atoms with Crippen molar-refractivity contribution >= 4 is 11.8 Å². The molecule has 3 heterocycles. The van der Waals surface area contributed by atoms with E-state index in [0.29, 0.717) is 17.5 Å². The highest BCUT2D eigenvalue weighted by molar-refractivity contribution is 5.94. The Hall–Kier alpha value is -1.66. The number of ether oxygens (including phenoxy) is 2. The number of likely N-dealkylation sites (N-methyl/N-ethyl adjacent to an activating group) is 1. The Morgan fingerprint density at radius 3 is 3.05 bits per heavy atom. The Kier molecular flexibility index (Phi) is 4.07. The minimum absolute atomic E-state index is 0.324. The van der Waals surface area contributed by atoms with E-state index in [9.17, 15) is 4.79 Å². The van der Waals surface area contributed by atoms with Gasteiger partial charge >= 0.3 is 5.97 Å². The van der Waals surface area contributed by atoms with Crippen LogP contribution in [0.2, 0.25) is 0 Å². The van der Waals surface area contributed by atoms with Crippen LogP contribution in [0.5, 0.6) is 0 Å². The smallest absolute Gasteiger partial charge is 0.341 e. The fraction of sp³-hybridized carbons (Fsp3) is 0.600. The molecule has 114 valence electrons. The molecule has 2 aliphatic heterocycles. The van der Waals surface area contributed by atoms with Crippen molar-refractivity contribution in [3.63, 3.8) is 0 Å². The first-order valence-corrected chi connectivity index (χ1v) is 7.25. The summed E-state index contributed by atoms with van der Waals surface area (Å²) in [5.41, 5.74) is 0.531. The molecule has 6 heteroatoms. The average molecular weight is 291 g/mol. The van der Waals surface area contributed by atoms with E-state index in [-0.39, 0.29) is 5.97 Å². The van der Waals surface area contributed by atoms with Gasteiger partial charge < -0.3 is 14.4 Å². The molecule has 0 radical (unpaired) electrons. The highest BCUT2D eigenvalue weighted by atomic mass is 16.5. The number of hydrogen-bond donors (Lipinski definition) is 0. The first kappa shape index (κ1) is 14.3. The Morgan fingerprint density at radius 2 is 2.24 bits per heavy atom. The fourth-order valence-corrected chi connectivity index (χ4v) is 3.14. The van der Waals surface area contributed by atoms with Crippen LogP contribution in [0.1, 0.15) is 10.4 Å². The Bertz CT molecular complexity index is 523. The molecule has 2 atom stereocenters. The van der Waals surface area contributed by atoms with Crippen molar-refractivity contribution in [2.45, 2.75) is 6.04 Å². The number of carbonyl (C=O) groups excluding carboxylic acids is 1. The second kappa shape index (κ2) is 5.99. The van der Waals surface area contributed by atoms with Gasteiger partial charge in [-0.25, -0.2) is 9.78 Å². The molecule has 21 heavy (non-hydrogen) atoms. The molecule has 3 rings (SSSR count). The van der Waals surface area contributed by atoms with Crippen LogP contribution in [0.25, 0.3) is 0 Å². The fourth-order valence-electron chi connectivity index (χ4n) is 3.14. The van der Waals surface area contributed by atoms with E-state index < -0.39 is 0 Å². The summed E-state index contributed by atoms with van der Waals surface area (Å²) in [6.07, 6.45) is 1.72. The average Bonchev–Trinajstić information content (AvgIpc) is 2.75. The summed E-state index contributed by atoms with van der Waals surface area (Å²) in [7, 11) is 3.54. The first-order valence-electron chi connectivity index (χ1n) is 7.25. The maximum atomic E-state index is 11.9. The minimum atomic E-state index is -0.336. The van der Waals surface area contributed by atoms with Crippen LogP contribution >= 0.6 is 0 Å². The zero-order chi connectivity index (χ0) is 14.8. The van der Waals surface area contributed by atoms with Crippen LogP contribution in [0.15, 0.2) is 18.3 Å². The maximum absolute atomic E-state index is 11.9. The van der Waals surface area contributed by atoms with Gasteiger partial charge in [-0.2, -0.15) is 0 Å². The third-order valence-electron chi connectivity index (χ3n) is 4.23. The van der Waals surface area contributed by atoms with E-state index in [1.807, 2.05) is 0 Å². The molecule has 6 nitrogen and oxygen atoms in total. The lowest BCUT2D eigenvalue weighted by Gasteiger charge is -2.31. The second-order valence-corrected chi connectivity index (χ2v) is 5.77. The van der Waals surface area contributed by atoms with Crippen molar-refractivity contribution in [1.29, 1.82) is 0 Å². The summed E-state index contributed by atoms with van der Waals surface area (Å²) in [6.45, 7) is 4.17. The van der Waals surface area contributed by atoms with Gasteiger partial charge in [-0.3, -0.25) is 4.90 Å². The van der Waals surface area contributed by atoms with E-state index in [2.05, 4.69) is 21.8 Å². The van der Waals surface area contributed by atoms with Crippen molar-refractivity contribution in [3.05, 3.63) is 23.9 Å². The standard InChI is InChI=1S/C15H21N3O3/c1-17-6-11-7-18(8-12(17)10-21-9-11)14-13(15(19)20-2)4-3-5-16-14/h3-5,11-12H,6-10H2,1-2H3/t11-,12+/m1/s1. The molecular formula is C15H21N3O3. The van der Waals surface area contributed by atoms with Crippen LogP contribution in [0.4, 0.5) is 5.82 Å². The predicted molar refractivity (Wildman–Crippen MR) is 78.5 cm³/mol. The third-order valence-corrected chi connectivity index (χ3v) is 4.23. The summed E-state index contributed by atoms with van der Waals surface area (Å²) >= 11 is 0. The van der Waals surface area contributed by atoms with Crippen molar-refractivity contribution in [3.8, 4) is 0 Å². The monoisotopic (exact) mass is 291 g/mol. The number of nitrogens with zero attached hydrogens (tertiary/aromatic N) is 3. The van der Waals surface area contributed by atoms with Crippen LogP contribution in [-0.2, 0) is 9.47 Å². The van der Waals surface area contributed by atoms with Gasteiger partial charge in [0.15, 0.2) is 0 Å². The number of methoxy groups -OCH3 is 1. The van der Waals surface area contributed by atoms with Crippen LogP contribution < -0.4 is 4.90 Å². The molecule has 0 unspecified atom stereocenters. The van der Waals surface area contributed by atoms with E-state index in [0.717, 1.165) is 38.7 Å². The summed E-state index contributed by atoms with van der Waals surface area (Å²) in [4.78, 5) is 20.9. The molecular weight excluding hydrogens is 270 g/mol. The van der Waals surface area contributed by atoms with Gasteiger partial charge in [0.05, 0.1) is 26.4 Å². The van der Waals surface area contributed by atoms with Crippen molar-refractivity contribution in [2.24, 2.45) is 5.92 Å². The SMILES string of the molecule is COC(=O)c1cccnc1N1C[C@@H]2COC[C@H](C1)N(C)C2. The van der Waals surface area contributed by atoms with Crippen LogP contribution in [-0.4, -0.2) is 68.9 Å². The second-order valence-electron chi connectivity index (χ2n) is 5.77. The van der Waals surface area contributed by atoms with Gasteiger partial charge in [0, 0.05) is 31.7 Å². The van der Waals surface area contributed by atoms with Crippen LogP contribution in [0.3, 0.4) is 0 Å². The highest BCUT2D eigenvalue weighted by Crippen LogP contribution is 2.25. The molecule has 0 aromatic carbocycles. The largest absolute Gasteiger partial charge is 0.465 e. The molecule has 2 saturated heterocycles. The van der Waals surface area contributed by atoms with Gasteiger partial charge in [-0.1, -0.05) is 0 Å². The molecule has 1 aromatic heterocycles.